The second kappa shape index (κ2) is 7.70. The van der Waals surface area contributed by atoms with E-state index in [1.807, 2.05) is 20.8 Å². The van der Waals surface area contributed by atoms with Crippen molar-refractivity contribution in [3.63, 3.8) is 0 Å². The summed E-state index contributed by atoms with van der Waals surface area (Å²) in [6.45, 7) is 10.1. The van der Waals surface area contributed by atoms with Crippen molar-refractivity contribution >= 4 is 6.09 Å². The van der Waals surface area contributed by atoms with Crippen LogP contribution in [0.3, 0.4) is 0 Å². The molecule has 5 heteroatoms. The third kappa shape index (κ3) is 8.06. The normalized spacial score (nSPS) is 24.0. The molecule has 19 heavy (non-hydrogen) atoms. The fourth-order valence-electron chi connectivity index (χ4n) is 2.08. The standard InChI is InChI=1S/C14H28N2O3/c1-11-10-12(6-9-18-11)15-7-5-8-16-13(17)19-14(2,3)4/h11-12,15H,5-10H2,1-4H3,(H,16,17). The molecule has 1 rings (SSSR count). The molecule has 2 N–H and O–H groups in total. The first-order valence-corrected chi connectivity index (χ1v) is 7.18. The van der Waals surface area contributed by atoms with Crippen molar-refractivity contribution in [1.29, 1.82) is 0 Å². The highest BCUT2D eigenvalue weighted by molar-refractivity contribution is 5.67. The first-order chi connectivity index (χ1) is 8.87. The van der Waals surface area contributed by atoms with Crippen LogP contribution in [-0.2, 0) is 9.47 Å². The van der Waals surface area contributed by atoms with Crippen molar-refractivity contribution in [1.82, 2.24) is 10.6 Å². The maximum Gasteiger partial charge on any atom is 0.407 e. The van der Waals surface area contributed by atoms with Gasteiger partial charge in [0.25, 0.3) is 0 Å². The SMILES string of the molecule is CC1CC(NCCCNC(=O)OC(C)(C)C)CCO1. The summed E-state index contributed by atoms with van der Waals surface area (Å²) in [4.78, 5) is 11.4. The zero-order valence-electron chi connectivity index (χ0n) is 12.6. The molecule has 1 heterocycles. The van der Waals surface area contributed by atoms with Crippen molar-refractivity contribution in [3.8, 4) is 0 Å². The van der Waals surface area contributed by atoms with Gasteiger partial charge in [-0.15, -0.1) is 0 Å². The molecule has 2 unspecified atom stereocenters. The number of carbonyl (C=O) groups is 1. The summed E-state index contributed by atoms with van der Waals surface area (Å²) in [6.07, 6.45) is 3.06. The molecule has 0 aromatic heterocycles. The molecular weight excluding hydrogens is 244 g/mol. The Morgan fingerprint density at radius 2 is 2.11 bits per heavy atom. The Balaban J connectivity index is 2.00. The summed E-state index contributed by atoms with van der Waals surface area (Å²) >= 11 is 0. The summed E-state index contributed by atoms with van der Waals surface area (Å²) in [5.41, 5.74) is -0.430. The van der Waals surface area contributed by atoms with Gasteiger partial charge in [-0.25, -0.2) is 4.79 Å². The maximum atomic E-state index is 11.4. The van der Waals surface area contributed by atoms with Crippen LogP contribution in [0.1, 0.15) is 47.0 Å². The van der Waals surface area contributed by atoms with Crippen LogP contribution in [0.5, 0.6) is 0 Å². The molecule has 0 bridgehead atoms. The van der Waals surface area contributed by atoms with Gasteiger partial charge in [0.05, 0.1) is 6.10 Å². The minimum atomic E-state index is -0.430. The maximum absolute atomic E-state index is 11.4. The summed E-state index contributed by atoms with van der Waals surface area (Å²) in [5, 5.41) is 6.26. The number of amides is 1. The fraction of sp³-hybridized carbons (Fsp3) is 0.929. The predicted octanol–water partition coefficient (Wildman–Crippen LogP) is 2.06. The Bertz CT molecular complexity index is 276. The Labute approximate surface area is 116 Å². The molecule has 0 aliphatic carbocycles. The summed E-state index contributed by atoms with van der Waals surface area (Å²) < 4.78 is 10.7. The van der Waals surface area contributed by atoms with Crippen LogP contribution in [0.25, 0.3) is 0 Å². The molecule has 0 aromatic carbocycles. The smallest absolute Gasteiger partial charge is 0.407 e. The van der Waals surface area contributed by atoms with Gasteiger partial charge in [0.1, 0.15) is 5.60 Å². The molecule has 1 aliphatic rings. The predicted molar refractivity (Wildman–Crippen MR) is 75.3 cm³/mol. The van der Waals surface area contributed by atoms with Crippen LogP contribution in [0.2, 0.25) is 0 Å². The zero-order valence-corrected chi connectivity index (χ0v) is 12.6. The van der Waals surface area contributed by atoms with Gasteiger partial charge >= 0.3 is 6.09 Å². The van der Waals surface area contributed by atoms with E-state index in [-0.39, 0.29) is 6.09 Å². The lowest BCUT2D eigenvalue weighted by Crippen LogP contribution is -2.39. The molecule has 112 valence electrons. The first kappa shape index (κ1) is 16.2. The molecule has 0 saturated carbocycles. The van der Waals surface area contributed by atoms with Gasteiger partial charge in [-0.2, -0.15) is 0 Å². The van der Waals surface area contributed by atoms with E-state index in [0.29, 0.717) is 18.7 Å². The Hall–Kier alpha value is -0.810. The van der Waals surface area contributed by atoms with E-state index in [0.717, 1.165) is 32.4 Å². The van der Waals surface area contributed by atoms with Crippen LogP contribution < -0.4 is 10.6 Å². The third-order valence-corrected chi connectivity index (χ3v) is 2.94. The first-order valence-electron chi connectivity index (χ1n) is 7.18. The summed E-state index contributed by atoms with van der Waals surface area (Å²) in [7, 11) is 0. The molecular formula is C14H28N2O3. The number of nitrogens with one attached hydrogen (secondary N) is 2. The minimum absolute atomic E-state index is 0.341. The molecule has 0 radical (unpaired) electrons. The van der Waals surface area contributed by atoms with E-state index in [9.17, 15) is 4.79 Å². The second-order valence-corrected chi connectivity index (χ2v) is 6.14. The van der Waals surface area contributed by atoms with Crippen molar-refractivity contribution in [2.45, 2.75) is 64.7 Å². The van der Waals surface area contributed by atoms with Crippen LogP contribution >= 0.6 is 0 Å². The monoisotopic (exact) mass is 272 g/mol. The van der Waals surface area contributed by atoms with Crippen LogP contribution in [0.15, 0.2) is 0 Å². The molecule has 2 atom stereocenters. The molecule has 1 fully saturated rings. The molecule has 1 aliphatic heterocycles. The van der Waals surface area contributed by atoms with E-state index >= 15 is 0 Å². The van der Waals surface area contributed by atoms with E-state index in [1.54, 1.807) is 0 Å². The fourth-order valence-corrected chi connectivity index (χ4v) is 2.08. The quantitative estimate of drug-likeness (QED) is 0.752. The van der Waals surface area contributed by atoms with E-state index < -0.39 is 5.60 Å². The van der Waals surface area contributed by atoms with Crippen LogP contribution in [0, 0.1) is 0 Å². The highest BCUT2D eigenvalue weighted by Crippen LogP contribution is 2.12. The van der Waals surface area contributed by atoms with Gasteiger partial charge in [0.2, 0.25) is 0 Å². The minimum Gasteiger partial charge on any atom is -0.444 e. The van der Waals surface area contributed by atoms with Gasteiger partial charge in [-0.05, 0) is 53.5 Å². The number of rotatable bonds is 5. The highest BCUT2D eigenvalue weighted by Gasteiger charge is 2.18. The average molecular weight is 272 g/mol. The molecule has 1 amide bonds. The molecule has 0 aromatic rings. The lowest BCUT2D eigenvalue weighted by atomic mass is 10.0. The summed E-state index contributed by atoms with van der Waals surface area (Å²) in [5.74, 6) is 0. The number of carbonyl (C=O) groups excluding carboxylic acids is 1. The van der Waals surface area contributed by atoms with E-state index in [4.69, 9.17) is 9.47 Å². The molecule has 1 saturated heterocycles. The number of hydrogen-bond donors (Lipinski definition) is 2. The molecule has 0 spiro atoms. The third-order valence-electron chi connectivity index (χ3n) is 2.94. The van der Waals surface area contributed by atoms with Crippen molar-refractivity contribution in [2.24, 2.45) is 0 Å². The number of hydrogen-bond acceptors (Lipinski definition) is 4. The van der Waals surface area contributed by atoms with Gasteiger partial charge in [0, 0.05) is 19.2 Å². The van der Waals surface area contributed by atoms with Gasteiger partial charge in [0.15, 0.2) is 0 Å². The molecule has 5 nitrogen and oxygen atoms in total. The van der Waals surface area contributed by atoms with Crippen LogP contribution in [-0.4, -0.2) is 43.5 Å². The number of ether oxygens (including phenoxy) is 2. The van der Waals surface area contributed by atoms with E-state index in [1.165, 1.54) is 0 Å². The van der Waals surface area contributed by atoms with Gasteiger partial charge in [-0.3, -0.25) is 0 Å². The highest BCUT2D eigenvalue weighted by atomic mass is 16.6. The van der Waals surface area contributed by atoms with Crippen molar-refractivity contribution < 1.29 is 14.3 Å². The Morgan fingerprint density at radius 3 is 2.74 bits per heavy atom. The topological polar surface area (TPSA) is 59.6 Å². The Morgan fingerprint density at radius 1 is 1.37 bits per heavy atom. The van der Waals surface area contributed by atoms with Gasteiger partial charge in [-0.1, -0.05) is 0 Å². The zero-order chi connectivity index (χ0) is 14.3. The number of alkyl carbamates (subject to hydrolysis) is 1. The van der Waals surface area contributed by atoms with Crippen molar-refractivity contribution in [2.75, 3.05) is 19.7 Å². The largest absolute Gasteiger partial charge is 0.444 e. The average Bonchev–Trinajstić information content (AvgIpc) is 2.26. The Kier molecular flexibility index (Phi) is 6.58. The second-order valence-electron chi connectivity index (χ2n) is 6.14. The van der Waals surface area contributed by atoms with Crippen molar-refractivity contribution in [3.05, 3.63) is 0 Å². The van der Waals surface area contributed by atoms with E-state index in [2.05, 4.69) is 17.6 Å². The summed E-state index contributed by atoms with van der Waals surface area (Å²) in [6, 6.07) is 0.547. The van der Waals surface area contributed by atoms with Crippen LogP contribution in [0.4, 0.5) is 4.79 Å². The lowest BCUT2D eigenvalue weighted by molar-refractivity contribution is 0.0134. The van der Waals surface area contributed by atoms with Gasteiger partial charge < -0.3 is 20.1 Å². The lowest BCUT2D eigenvalue weighted by Gasteiger charge is -2.28.